The van der Waals surface area contributed by atoms with Gasteiger partial charge in [0.2, 0.25) is 5.88 Å². The number of hydrogen-bond donors (Lipinski definition) is 3. The van der Waals surface area contributed by atoms with Gasteiger partial charge in [0.05, 0.1) is 23.6 Å². The molecule has 0 bridgehead atoms. The minimum Gasteiger partial charge on any atom is -0.481 e. The molecule has 0 saturated heterocycles. The molecule has 8 nitrogen and oxygen atoms in total. The predicted molar refractivity (Wildman–Crippen MR) is 128 cm³/mol. The van der Waals surface area contributed by atoms with Crippen molar-refractivity contribution in [2.45, 2.75) is 45.0 Å². The molecule has 38 heavy (non-hydrogen) atoms. The Balaban J connectivity index is 2.00. The summed E-state index contributed by atoms with van der Waals surface area (Å²) < 4.78 is 62.0. The number of amides is 1. The molecular formula is C26H27F4N3O5. The SMILES string of the molecule is CC(C)C(C)(O)COc1cc(C(=O)NC(CC(=O)O)c2ccccc2C(F)(F)F)nn1-c1ccccc1F. The molecule has 1 aromatic heterocycles. The lowest BCUT2D eigenvalue weighted by Gasteiger charge is -2.27. The number of para-hydroxylation sites is 1. The van der Waals surface area contributed by atoms with E-state index in [1.54, 1.807) is 13.8 Å². The first-order chi connectivity index (χ1) is 17.7. The molecule has 12 heteroatoms. The molecule has 2 aromatic carbocycles. The molecule has 0 radical (unpaired) electrons. The highest BCUT2D eigenvalue weighted by Gasteiger charge is 2.36. The molecule has 0 aliphatic rings. The molecule has 2 atom stereocenters. The molecule has 0 saturated carbocycles. The van der Waals surface area contributed by atoms with Crippen LogP contribution in [0, 0.1) is 11.7 Å². The zero-order valence-corrected chi connectivity index (χ0v) is 20.8. The molecule has 3 N–H and O–H groups in total. The van der Waals surface area contributed by atoms with Crippen LogP contribution in [0.3, 0.4) is 0 Å². The average Bonchev–Trinajstić information content (AvgIpc) is 3.26. The van der Waals surface area contributed by atoms with Gasteiger partial charge in [0.25, 0.3) is 5.91 Å². The van der Waals surface area contributed by atoms with Crippen LogP contribution < -0.4 is 10.1 Å². The minimum atomic E-state index is -4.79. The van der Waals surface area contributed by atoms with Gasteiger partial charge < -0.3 is 20.3 Å². The standard InChI is InChI=1S/C26H27F4N3O5/c1-15(2)25(3,37)14-38-22-12-20(32-33(22)21-11-7-6-10-18(21)27)24(36)31-19(13-23(34)35)16-8-4-5-9-17(16)26(28,29)30/h4-12,15,19,37H,13-14H2,1-3H3,(H,31,36)(H,34,35). The van der Waals surface area contributed by atoms with E-state index in [1.807, 2.05) is 0 Å². The van der Waals surface area contributed by atoms with E-state index in [2.05, 4.69) is 10.4 Å². The molecule has 3 aromatic rings. The lowest BCUT2D eigenvalue weighted by Crippen LogP contribution is -2.38. The van der Waals surface area contributed by atoms with Crippen molar-refractivity contribution in [1.29, 1.82) is 0 Å². The molecule has 0 fully saturated rings. The first kappa shape index (κ1) is 28.6. The number of benzene rings is 2. The summed E-state index contributed by atoms with van der Waals surface area (Å²) in [7, 11) is 0. The average molecular weight is 538 g/mol. The summed E-state index contributed by atoms with van der Waals surface area (Å²) in [5, 5.41) is 26.2. The number of nitrogens with zero attached hydrogens (tertiary/aromatic N) is 2. The van der Waals surface area contributed by atoms with E-state index in [0.29, 0.717) is 0 Å². The number of halogens is 4. The highest BCUT2D eigenvalue weighted by molar-refractivity contribution is 5.93. The topological polar surface area (TPSA) is 114 Å². The van der Waals surface area contributed by atoms with Gasteiger partial charge in [-0.15, -0.1) is 0 Å². The molecule has 1 amide bonds. The van der Waals surface area contributed by atoms with Crippen LogP contribution in [0.15, 0.2) is 54.6 Å². The minimum absolute atomic E-state index is 0.0877. The zero-order valence-electron chi connectivity index (χ0n) is 20.8. The van der Waals surface area contributed by atoms with Crippen LogP contribution in [-0.2, 0) is 11.0 Å². The van der Waals surface area contributed by atoms with Crippen LogP contribution in [0.5, 0.6) is 5.88 Å². The fraction of sp³-hybridized carbons (Fsp3) is 0.346. The molecule has 0 spiro atoms. The number of aromatic nitrogens is 2. The molecular weight excluding hydrogens is 510 g/mol. The second-order valence-electron chi connectivity index (χ2n) is 9.24. The number of carboxylic acids is 1. The van der Waals surface area contributed by atoms with E-state index in [0.717, 1.165) is 35.0 Å². The predicted octanol–water partition coefficient (Wildman–Crippen LogP) is 4.76. The number of aliphatic hydroxyl groups is 1. The van der Waals surface area contributed by atoms with E-state index in [9.17, 15) is 37.4 Å². The fourth-order valence-corrected chi connectivity index (χ4v) is 3.47. The fourth-order valence-electron chi connectivity index (χ4n) is 3.47. The number of nitrogens with one attached hydrogen (secondary N) is 1. The maximum Gasteiger partial charge on any atom is 0.416 e. The van der Waals surface area contributed by atoms with Crippen LogP contribution in [0.25, 0.3) is 5.69 Å². The Morgan fingerprint density at radius 1 is 1.11 bits per heavy atom. The summed E-state index contributed by atoms with van der Waals surface area (Å²) in [6, 6.07) is 9.37. The van der Waals surface area contributed by atoms with Gasteiger partial charge in [-0.25, -0.2) is 4.39 Å². The normalized spacial score (nSPS) is 14.1. The number of carbonyl (C=O) groups excluding carboxylic acids is 1. The summed E-state index contributed by atoms with van der Waals surface area (Å²) in [6.07, 6.45) is -5.63. The Kier molecular flexibility index (Phi) is 8.45. The number of alkyl halides is 3. The highest BCUT2D eigenvalue weighted by Crippen LogP contribution is 2.35. The van der Waals surface area contributed by atoms with Crippen molar-refractivity contribution >= 4 is 11.9 Å². The molecule has 204 valence electrons. The third kappa shape index (κ3) is 6.68. The van der Waals surface area contributed by atoms with Crippen LogP contribution in [-0.4, -0.2) is 44.1 Å². The maximum atomic E-state index is 14.6. The van der Waals surface area contributed by atoms with Gasteiger partial charge in [-0.1, -0.05) is 44.2 Å². The van der Waals surface area contributed by atoms with Crippen molar-refractivity contribution in [2.24, 2.45) is 5.92 Å². The van der Waals surface area contributed by atoms with Crippen LogP contribution in [0.1, 0.15) is 54.8 Å². The van der Waals surface area contributed by atoms with Gasteiger partial charge in [0.15, 0.2) is 5.69 Å². The summed E-state index contributed by atoms with van der Waals surface area (Å²) >= 11 is 0. The van der Waals surface area contributed by atoms with Gasteiger partial charge >= 0.3 is 12.1 Å². The second-order valence-corrected chi connectivity index (χ2v) is 9.24. The van der Waals surface area contributed by atoms with Gasteiger partial charge in [0.1, 0.15) is 18.1 Å². The van der Waals surface area contributed by atoms with Crippen molar-refractivity contribution in [3.63, 3.8) is 0 Å². The van der Waals surface area contributed by atoms with E-state index < -0.39 is 53.1 Å². The lowest BCUT2D eigenvalue weighted by atomic mass is 9.94. The van der Waals surface area contributed by atoms with Gasteiger partial charge in [-0.3, -0.25) is 9.59 Å². The largest absolute Gasteiger partial charge is 0.481 e. The number of aliphatic carboxylic acids is 1. The molecule has 0 aliphatic carbocycles. The van der Waals surface area contributed by atoms with E-state index >= 15 is 0 Å². The lowest BCUT2D eigenvalue weighted by molar-refractivity contribution is -0.140. The Labute approximate surface area is 215 Å². The van der Waals surface area contributed by atoms with Gasteiger partial charge in [0, 0.05) is 6.07 Å². The first-order valence-electron chi connectivity index (χ1n) is 11.6. The third-order valence-electron chi connectivity index (χ3n) is 6.07. The monoisotopic (exact) mass is 537 g/mol. The Morgan fingerprint density at radius 3 is 2.34 bits per heavy atom. The van der Waals surface area contributed by atoms with Crippen molar-refractivity contribution in [3.05, 3.63) is 77.2 Å². The van der Waals surface area contributed by atoms with Gasteiger partial charge in [-0.05, 0) is 36.6 Å². The summed E-state index contributed by atoms with van der Waals surface area (Å²) in [4.78, 5) is 24.5. The van der Waals surface area contributed by atoms with E-state index in [-0.39, 0.29) is 29.8 Å². The quantitative estimate of drug-likeness (QED) is 0.322. The highest BCUT2D eigenvalue weighted by atomic mass is 19.4. The smallest absolute Gasteiger partial charge is 0.416 e. The number of rotatable bonds is 10. The van der Waals surface area contributed by atoms with Crippen molar-refractivity contribution in [1.82, 2.24) is 15.1 Å². The first-order valence-corrected chi connectivity index (χ1v) is 11.6. The Hall–Kier alpha value is -3.93. The maximum absolute atomic E-state index is 14.6. The molecule has 0 aliphatic heterocycles. The Bertz CT molecular complexity index is 1300. The number of carbonyl (C=O) groups is 2. The molecule has 1 heterocycles. The van der Waals surface area contributed by atoms with Crippen molar-refractivity contribution < 1.29 is 42.1 Å². The molecule has 2 unspecified atom stereocenters. The third-order valence-corrected chi connectivity index (χ3v) is 6.07. The summed E-state index contributed by atoms with van der Waals surface area (Å²) in [5.41, 5.74) is -3.28. The van der Waals surface area contributed by atoms with Crippen LogP contribution in [0.4, 0.5) is 17.6 Å². The van der Waals surface area contributed by atoms with Crippen LogP contribution in [0.2, 0.25) is 0 Å². The Morgan fingerprint density at radius 2 is 1.74 bits per heavy atom. The second kappa shape index (κ2) is 11.2. The van der Waals surface area contributed by atoms with Crippen LogP contribution >= 0.6 is 0 Å². The van der Waals surface area contributed by atoms with E-state index in [1.165, 1.54) is 31.2 Å². The summed E-state index contributed by atoms with van der Waals surface area (Å²) in [5.74, 6) is -3.49. The number of ether oxygens (including phenoxy) is 1. The zero-order chi connectivity index (χ0) is 28.3. The van der Waals surface area contributed by atoms with Gasteiger partial charge in [-0.2, -0.15) is 23.0 Å². The number of carboxylic acid groups (broad SMARTS) is 1. The molecule has 3 rings (SSSR count). The van der Waals surface area contributed by atoms with Crippen molar-refractivity contribution in [2.75, 3.05) is 6.61 Å². The number of hydrogen-bond acceptors (Lipinski definition) is 5. The van der Waals surface area contributed by atoms with Crippen molar-refractivity contribution in [3.8, 4) is 11.6 Å². The summed E-state index contributed by atoms with van der Waals surface area (Å²) in [6.45, 7) is 4.81. The van der Waals surface area contributed by atoms with E-state index in [4.69, 9.17) is 4.74 Å².